The molecule has 2 aliphatic rings. The summed E-state index contributed by atoms with van der Waals surface area (Å²) in [7, 11) is 0. The third kappa shape index (κ3) is 2.68. The van der Waals surface area contributed by atoms with Gasteiger partial charge in [-0.2, -0.15) is 0 Å². The number of benzene rings is 1. The minimum Gasteiger partial charge on any atom is -0.311 e. The van der Waals surface area contributed by atoms with Crippen molar-refractivity contribution in [1.29, 1.82) is 0 Å². The molecule has 0 atom stereocenters. The van der Waals surface area contributed by atoms with Gasteiger partial charge in [0.05, 0.1) is 22.9 Å². The fourth-order valence-corrected chi connectivity index (χ4v) is 3.21. The van der Waals surface area contributed by atoms with Crippen LogP contribution in [0.4, 0.5) is 0 Å². The molecule has 2 fully saturated rings. The molecule has 0 radical (unpaired) electrons. The van der Waals surface area contributed by atoms with Crippen molar-refractivity contribution in [2.24, 2.45) is 17.8 Å². The van der Waals surface area contributed by atoms with Gasteiger partial charge in [-0.1, -0.05) is 12.1 Å². The average molecular weight is 267 g/mol. The summed E-state index contributed by atoms with van der Waals surface area (Å²) in [6.45, 7) is 2.00. The van der Waals surface area contributed by atoms with E-state index in [9.17, 15) is 0 Å². The first-order valence-electron chi connectivity index (χ1n) is 7.81. The summed E-state index contributed by atoms with van der Waals surface area (Å²) in [6, 6.07) is 8.06. The summed E-state index contributed by atoms with van der Waals surface area (Å²) >= 11 is 0. The monoisotopic (exact) mass is 267 g/mol. The van der Waals surface area contributed by atoms with Gasteiger partial charge in [0.25, 0.3) is 0 Å². The molecule has 1 aromatic heterocycles. The van der Waals surface area contributed by atoms with Crippen molar-refractivity contribution in [3.63, 3.8) is 0 Å². The molecule has 104 valence electrons. The first kappa shape index (κ1) is 12.3. The fraction of sp³-hybridized carbons (Fsp3) is 0.529. The summed E-state index contributed by atoms with van der Waals surface area (Å²) < 4.78 is 0. The molecule has 2 aromatic rings. The quantitative estimate of drug-likeness (QED) is 0.873. The second kappa shape index (κ2) is 5.13. The van der Waals surface area contributed by atoms with E-state index in [1.807, 2.05) is 30.5 Å². The van der Waals surface area contributed by atoms with Gasteiger partial charge in [0, 0.05) is 6.54 Å². The number of fused-ring (bicyclic) bond motifs is 1. The van der Waals surface area contributed by atoms with Crippen LogP contribution in [-0.4, -0.2) is 16.5 Å². The summed E-state index contributed by atoms with van der Waals surface area (Å²) in [4.78, 5) is 9.14. The lowest BCUT2D eigenvalue weighted by Gasteiger charge is -2.16. The molecule has 4 rings (SSSR count). The maximum absolute atomic E-state index is 4.67. The van der Waals surface area contributed by atoms with E-state index in [1.54, 1.807) is 0 Å². The molecule has 2 aliphatic carbocycles. The number of hydrogen-bond donors (Lipinski definition) is 1. The van der Waals surface area contributed by atoms with Crippen molar-refractivity contribution in [2.75, 3.05) is 6.54 Å². The van der Waals surface area contributed by atoms with Gasteiger partial charge in [-0.15, -0.1) is 0 Å². The topological polar surface area (TPSA) is 37.8 Å². The Balaban J connectivity index is 1.37. The lowest BCUT2D eigenvalue weighted by molar-refractivity contribution is 0.377. The second-order valence-corrected chi connectivity index (χ2v) is 6.32. The zero-order chi connectivity index (χ0) is 13.4. The second-order valence-electron chi connectivity index (χ2n) is 6.32. The van der Waals surface area contributed by atoms with Gasteiger partial charge < -0.3 is 5.32 Å². The smallest absolute Gasteiger partial charge is 0.0890 e. The van der Waals surface area contributed by atoms with Crippen LogP contribution >= 0.6 is 0 Å². The molecular weight excluding hydrogens is 246 g/mol. The first-order chi connectivity index (χ1) is 9.90. The number of aromatic nitrogens is 2. The van der Waals surface area contributed by atoms with Gasteiger partial charge in [0.2, 0.25) is 0 Å². The van der Waals surface area contributed by atoms with E-state index in [1.165, 1.54) is 25.7 Å². The van der Waals surface area contributed by atoms with Crippen molar-refractivity contribution in [2.45, 2.75) is 32.2 Å². The van der Waals surface area contributed by atoms with Gasteiger partial charge in [0.1, 0.15) is 0 Å². The van der Waals surface area contributed by atoms with Crippen LogP contribution in [0.2, 0.25) is 0 Å². The molecule has 1 heterocycles. The maximum Gasteiger partial charge on any atom is 0.0890 e. The zero-order valence-corrected chi connectivity index (χ0v) is 11.8. The van der Waals surface area contributed by atoms with Crippen molar-refractivity contribution in [3.8, 4) is 0 Å². The number of nitrogens with zero attached hydrogens (tertiary/aromatic N) is 2. The molecule has 1 aromatic carbocycles. The predicted octanol–water partition coefficient (Wildman–Crippen LogP) is 3.16. The van der Waals surface area contributed by atoms with Gasteiger partial charge >= 0.3 is 0 Å². The number of rotatable bonds is 6. The molecule has 0 spiro atoms. The van der Waals surface area contributed by atoms with E-state index in [0.29, 0.717) is 0 Å². The number of para-hydroxylation sites is 2. The summed E-state index contributed by atoms with van der Waals surface area (Å²) in [5, 5.41) is 3.61. The van der Waals surface area contributed by atoms with Crippen LogP contribution in [-0.2, 0) is 6.54 Å². The standard InChI is InChI=1S/C17H21N3/c1-2-4-17-16(3-1)19-10-14(20-17)9-18-11-15(12-5-6-12)13-7-8-13/h1-4,10,12-13,15,18H,5-9,11H2. The first-order valence-corrected chi connectivity index (χ1v) is 7.81. The van der Waals surface area contributed by atoms with Crippen molar-refractivity contribution in [1.82, 2.24) is 15.3 Å². The fourth-order valence-electron chi connectivity index (χ4n) is 3.21. The van der Waals surface area contributed by atoms with Crippen LogP contribution < -0.4 is 5.32 Å². The van der Waals surface area contributed by atoms with E-state index < -0.39 is 0 Å². The van der Waals surface area contributed by atoms with E-state index in [2.05, 4.69) is 15.3 Å². The van der Waals surface area contributed by atoms with E-state index in [0.717, 1.165) is 47.6 Å². The average Bonchev–Trinajstić information content (AvgIpc) is 3.37. The van der Waals surface area contributed by atoms with Crippen LogP contribution in [0.15, 0.2) is 30.5 Å². The van der Waals surface area contributed by atoms with Crippen LogP contribution in [0.3, 0.4) is 0 Å². The highest BCUT2D eigenvalue weighted by Gasteiger charge is 2.40. The van der Waals surface area contributed by atoms with Gasteiger partial charge in [-0.3, -0.25) is 4.98 Å². The minimum atomic E-state index is 0.841. The SMILES string of the molecule is c1ccc2nc(CNCC(C3CC3)C3CC3)cnc2c1. The lowest BCUT2D eigenvalue weighted by atomic mass is 9.98. The van der Waals surface area contributed by atoms with E-state index in [4.69, 9.17) is 0 Å². The van der Waals surface area contributed by atoms with Crippen LogP contribution in [0.5, 0.6) is 0 Å². The predicted molar refractivity (Wildman–Crippen MR) is 80.2 cm³/mol. The largest absolute Gasteiger partial charge is 0.311 e. The summed E-state index contributed by atoms with van der Waals surface area (Å²) in [5.74, 6) is 2.94. The maximum atomic E-state index is 4.67. The third-order valence-corrected chi connectivity index (χ3v) is 4.64. The molecule has 3 nitrogen and oxygen atoms in total. The van der Waals surface area contributed by atoms with Gasteiger partial charge in [-0.05, 0) is 62.1 Å². The molecule has 0 unspecified atom stereocenters. The van der Waals surface area contributed by atoms with Crippen LogP contribution in [0.25, 0.3) is 11.0 Å². The van der Waals surface area contributed by atoms with E-state index >= 15 is 0 Å². The van der Waals surface area contributed by atoms with Crippen LogP contribution in [0.1, 0.15) is 31.4 Å². The number of hydrogen-bond acceptors (Lipinski definition) is 3. The highest BCUT2D eigenvalue weighted by molar-refractivity contribution is 5.73. The third-order valence-electron chi connectivity index (χ3n) is 4.64. The highest BCUT2D eigenvalue weighted by atomic mass is 14.9. The molecule has 0 saturated heterocycles. The Bertz CT molecular complexity index is 590. The number of nitrogens with one attached hydrogen (secondary N) is 1. The Morgan fingerprint density at radius 2 is 1.75 bits per heavy atom. The minimum absolute atomic E-state index is 0.841. The highest BCUT2D eigenvalue weighted by Crippen LogP contribution is 2.48. The zero-order valence-electron chi connectivity index (χ0n) is 11.8. The Morgan fingerprint density at radius 3 is 2.45 bits per heavy atom. The normalized spacial score (nSPS) is 18.9. The molecule has 2 saturated carbocycles. The Hall–Kier alpha value is -1.48. The molecule has 1 N–H and O–H groups in total. The van der Waals surface area contributed by atoms with Crippen molar-refractivity contribution >= 4 is 11.0 Å². The Kier molecular flexibility index (Phi) is 3.15. The Labute approximate surface area is 119 Å². The molecule has 0 bridgehead atoms. The lowest BCUT2D eigenvalue weighted by Crippen LogP contribution is -2.25. The summed E-state index contributed by atoms with van der Waals surface area (Å²) in [5.41, 5.74) is 3.02. The molecular formula is C17H21N3. The van der Waals surface area contributed by atoms with E-state index in [-0.39, 0.29) is 0 Å². The molecule has 0 aliphatic heterocycles. The molecule has 20 heavy (non-hydrogen) atoms. The Morgan fingerprint density at radius 1 is 1.05 bits per heavy atom. The van der Waals surface area contributed by atoms with Crippen molar-refractivity contribution < 1.29 is 0 Å². The van der Waals surface area contributed by atoms with Crippen LogP contribution in [0, 0.1) is 17.8 Å². The van der Waals surface area contributed by atoms with Crippen molar-refractivity contribution in [3.05, 3.63) is 36.2 Å². The van der Waals surface area contributed by atoms with Gasteiger partial charge in [-0.25, -0.2) is 4.98 Å². The van der Waals surface area contributed by atoms with Gasteiger partial charge in [0.15, 0.2) is 0 Å². The molecule has 0 amide bonds. The molecule has 3 heteroatoms. The summed E-state index contributed by atoms with van der Waals surface area (Å²) in [6.07, 6.45) is 7.73.